The molecule has 7 heteroatoms. The molecule has 1 aromatic rings. The molecule has 0 aliphatic rings. The molecule has 1 aromatic carbocycles. The highest BCUT2D eigenvalue weighted by atomic mass is 16.4. The largest absolute Gasteiger partial charge is 0.480 e. The number of aryl methyl sites for hydroxylation is 1. The van der Waals surface area contributed by atoms with Gasteiger partial charge in [-0.25, -0.2) is 4.79 Å². The number of nitrogens with two attached hydrogens (primary N) is 2. The zero-order valence-electron chi connectivity index (χ0n) is 11.1. The predicted octanol–water partition coefficient (Wildman–Crippen LogP) is 0.0257. The maximum atomic E-state index is 11.9. The standard InChI is InChI=1S/C13H17N3O4/c1-7-6-8(2-3-9(7)14)12(18)16-10(13(19)20)4-5-11(15)17/h2-3,6,10H,4-5,14H2,1H3,(H2,15,17)(H,16,18)(H,19,20)/t10-/m1/s1. The van der Waals surface area contributed by atoms with E-state index in [0.717, 1.165) is 5.56 Å². The molecule has 20 heavy (non-hydrogen) atoms. The van der Waals surface area contributed by atoms with Crippen LogP contribution in [0.25, 0.3) is 0 Å². The van der Waals surface area contributed by atoms with Crippen LogP contribution in [-0.2, 0) is 9.59 Å². The fourth-order valence-corrected chi connectivity index (χ4v) is 1.60. The van der Waals surface area contributed by atoms with Crippen LogP contribution in [0, 0.1) is 6.92 Å². The van der Waals surface area contributed by atoms with Crippen molar-refractivity contribution in [2.45, 2.75) is 25.8 Å². The highest BCUT2D eigenvalue weighted by molar-refractivity contribution is 5.97. The number of benzene rings is 1. The zero-order valence-corrected chi connectivity index (χ0v) is 11.1. The number of nitrogens with one attached hydrogen (secondary N) is 1. The Balaban J connectivity index is 2.77. The molecular formula is C13H17N3O4. The summed E-state index contributed by atoms with van der Waals surface area (Å²) in [4.78, 5) is 33.6. The Morgan fingerprint density at radius 2 is 2.00 bits per heavy atom. The van der Waals surface area contributed by atoms with E-state index in [4.69, 9.17) is 16.6 Å². The van der Waals surface area contributed by atoms with Crippen molar-refractivity contribution >= 4 is 23.5 Å². The van der Waals surface area contributed by atoms with Crippen molar-refractivity contribution in [1.82, 2.24) is 5.32 Å². The van der Waals surface area contributed by atoms with Gasteiger partial charge in [-0.3, -0.25) is 9.59 Å². The molecule has 0 spiro atoms. The van der Waals surface area contributed by atoms with E-state index in [-0.39, 0.29) is 12.8 Å². The first-order valence-electron chi connectivity index (χ1n) is 5.99. The third kappa shape index (κ3) is 4.27. The summed E-state index contributed by atoms with van der Waals surface area (Å²) in [5, 5.41) is 11.3. The van der Waals surface area contributed by atoms with Crippen LogP contribution in [0.15, 0.2) is 18.2 Å². The molecule has 0 aromatic heterocycles. The van der Waals surface area contributed by atoms with Crippen LogP contribution in [0.4, 0.5) is 5.69 Å². The minimum absolute atomic E-state index is 0.0512. The Labute approximate surface area is 115 Å². The van der Waals surface area contributed by atoms with Gasteiger partial charge in [-0.15, -0.1) is 0 Å². The molecule has 0 aliphatic heterocycles. The molecule has 0 bridgehead atoms. The number of carbonyl (C=O) groups is 3. The van der Waals surface area contributed by atoms with Gasteiger partial charge in [0.05, 0.1) is 0 Å². The van der Waals surface area contributed by atoms with Crippen molar-refractivity contribution < 1.29 is 19.5 Å². The number of carboxylic acid groups (broad SMARTS) is 1. The molecular weight excluding hydrogens is 262 g/mol. The van der Waals surface area contributed by atoms with E-state index < -0.39 is 23.8 Å². The molecule has 0 aliphatic carbocycles. The van der Waals surface area contributed by atoms with Crippen LogP contribution < -0.4 is 16.8 Å². The number of amides is 2. The first-order chi connectivity index (χ1) is 9.31. The van der Waals surface area contributed by atoms with Gasteiger partial charge in [-0.2, -0.15) is 0 Å². The molecule has 1 rings (SSSR count). The lowest BCUT2D eigenvalue weighted by molar-refractivity contribution is -0.139. The number of carboxylic acids is 1. The topological polar surface area (TPSA) is 136 Å². The lowest BCUT2D eigenvalue weighted by Gasteiger charge is -2.14. The number of aliphatic carboxylic acids is 1. The second-order valence-corrected chi connectivity index (χ2v) is 4.44. The summed E-state index contributed by atoms with van der Waals surface area (Å²) < 4.78 is 0. The smallest absolute Gasteiger partial charge is 0.326 e. The average Bonchev–Trinajstić information content (AvgIpc) is 2.36. The first kappa shape index (κ1) is 15.5. The molecule has 0 saturated carbocycles. The molecule has 108 valence electrons. The van der Waals surface area contributed by atoms with Gasteiger partial charge >= 0.3 is 5.97 Å². The molecule has 1 atom stereocenters. The maximum Gasteiger partial charge on any atom is 0.326 e. The average molecular weight is 279 g/mol. The minimum atomic E-state index is -1.22. The van der Waals surface area contributed by atoms with Gasteiger partial charge in [0.1, 0.15) is 6.04 Å². The Hall–Kier alpha value is -2.57. The number of hydrogen-bond acceptors (Lipinski definition) is 4. The number of anilines is 1. The van der Waals surface area contributed by atoms with Gasteiger partial charge in [0.2, 0.25) is 5.91 Å². The SMILES string of the molecule is Cc1cc(C(=O)N[C@H](CCC(N)=O)C(=O)O)ccc1N. The van der Waals surface area contributed by atoms with Gasteiger partial charge in [0.15, 0.2) is 0 Å². The summed E-state index contributed by atoms with van der Waals surface area (Å²) in [6, 6.07) is 3.49. The molecule has 0 unspecified atom stereocenters. The molecule has 2 amide bonds. The maximum absolute atomic E-state index is 11.9. The molecule has 0 saturated heterocycles. The van der Waals surface area contributed by atoms with Gasteiger partial charge < -0.3 is 21.9 Å². The Kier molecular flexibility index (Phi) is 5.08. The summed E-state index contributed by atoms with van der Waals surface area (Å²) >= 11 is 0. The van der Waals surface area contributed by atoms with Crippen LogP contribution in [0.3, 0.4) is 0 Å². The van der Waals surface area contributed by atoms with E-state index in [1.54, 1.807) is 19.1 Å². The van der Waals surface area contributed by atoms with E-state index in [1.807, 2.05) is 0 Å². The summed E-state index contributed by atoms with van der Waals surface area (Å²) in [6.07, 6.45) is -0.164. The van der Waals surface area contributed by atoms with E-state index in [1.165, 1.54) is 6.07 Å². The molecule has 6 N–H and O–H groups in total. The van der Waals surface area contributed by atoms with Gasteiger partial charge in [0, 0.05) is 17.7 Å². The van der Waals surface area contributed by atoms with Crippen molar-refractivity contribution in [3.8, 4) is 0 Å². The fourth-order valence-electron chi connectivity index (χ4n) is 1.60. The monoisotopic (exact) mass is 279 g/mol. The van der Waals surface area contributed by atoms with E-state index in [0.29, 0.717) is 11.3 Å². The third-order valence-electron chi connectivity index (χ3n) is 2.81. The van der Waals surface area contributed by atoms with Crippen LogP contribution in [0.1, 0.15) is 28.8 Å². The number of nitrogen functional groups attached to an aromatic ring is 1. The lowest BCUT2D eigenvalue weighted by Crippen LogP contribution is -2.41. The summed E-state index contributed by atoms with van der Waals surface area (Å²) in [6.45, 7) is 1.74. The molecule has 7 nitrogen and oxygen atoms in total. The van der Waals surface area contributed by atoms with Crippen LogP contribution in [-0.4, -0.2) is 28.9 Å². The van der Waals surface area contributed by atoms with Gasteiger partial charge in [-0.05, 0) is 37.1 Å². The molecule has 0 fully saturated rings. The number of primary amides is 1. The Morgan fingerprint density at radius 1 is 1.35 bits per heavy atom. The summed E-state index contributed by atoms with van der Waals surface area (Å²) in [5.74, 6) is -2.37. The summed E-state index contributed by atoms with van der Waals surface area (Å²) in [7, 11) is 0. The van der Waals surface area contributed by atoms with E-state index >= 15 is 0 Å². The predicted molar refractivity (Wildman–Crippen MR) is 72.9 cm³/mol. The van der Waals surface area contributed by atoms with Crippen LogP contribution >= 0.6 is 0 Å². The van der Waals surface area contributed by atoms with E-state index in [9.17, 15) is 14.4 Å². The first-order valence-corrected chi connectivity index (χ1v) is 5.99. The van der Waals surface area contributed by atoms with Crippen molar-refractivity contribution in [2.24, 2.45) is 5.73 Å². The fraction of sp³-hybridized carbons (Fsp3) is 0.308. The quantitative estimate of drug-likeness (QED) is 0.544. The Morgan fingerprint density at radius 3 is 2.50 bits per heavy atom. The normalized spacial score (nSPS) is 11.7. The number of rotatable bonds is 6. The zero-order chi connectivity index (χ0) is 15.3. The van der Waals surface area contributed by atoms with Crippen molar-refractivity contribution in [2.75, 3.05) is 5.73 Å². The minimum Gasteiger partial charge on any atom is -0.480 e. The second-order valence-electron chi connectivity index (χ2n) is 4.44. The molecule has 0 radical (unpaired) electrons. The van der Waals surface area contributed by atoms with Crippen LogP contribution in [0.5, 0.6) is 0 Å². The highest BCUT2D eigenvalue weighted by Crippen LogP contribution is 2.13. The van der Waals surface area contributed by atoms with Gasteiger partial charge in [-0.1, -0.05) is 0 Å². The number of hydrogen-bond donors (Lipinski definition) is 4. The van der Waals surface area contributed by atoms with Crippen molar-refractivity contribution in [3.63, 3.8) is 0 Å². The van der Waals surface area contributed by atoms with Crippen LogP contribution in [0.2, 0.25) is 0 Å². The highest BCUT2D eigenvalue weighted by Gasteiger charge is 2.21. The van der Waals surface area contributed by atoms with Crippen molar-refractivity contribution in [1.29, 1.82) is 0 Å². The molecule has 0 heterocycles. The Bertz CT molecular complexity index is 542. The second kappa shape index (κ2) is 6.55. The lowest BCUT2D eigenvalue weighted by atomic mass is 10.1. The van der Waals surface area contributed by atoms with E-state index in [2.05, 4.69) is 5.32 Å². The van der Waals surface area contributed by atoms with Crippen molar-refractivity contribution in [3.05, 3.63) is 29.3 Å². The van der Waals surface area contributed by atoms with Gasteiger partial charge in [0.25, 0.3) is 5.91 Å². The summed E-state index contributed by atoms with van der Waals surface area (Å²) in [5.41, 5.74) is 12.2. The number of carbonyl (C=O) groups excluding carboxylic acids is 2. The third-order valence-corrected chi connectivity index (χ3v) is 2.81.